The van der Waals surface area contributed by atoms with Crippen LogP contribution in [0.3, 0.4) is 0 Å². The third kappa shape index (κ3) is 26.0. The van der Waals surface area contributed by atoms with Crippen molar-refractivity contribution in [3.63, 3.8) is 0 Å². The normalized spacial score (nSPS) is 11.0. The summed E-state index contributed by atoms with van der Waals surface area (Å²) in [5.74, 6) is 2.16. The van der Waals surface area contributed by atoms with Crippen molar-refractivity contribution in [2.75, 3.05) is 33.0 Å². The molecule has 8 nitrogen and oxygen atoms in total. The predicted octanol–water partition coefficient (Wildman–Crippen LogP) is 17.2. The van der Waals surface area contributed by atoms with Crippen molar-refractivity contribution in [3.8, 4) is 39.9 Å². The zero-order valence-corrected chi connectivity index (χ0v) is 42.6. The lowest BCUT2D eigenvalue weighted by Crippen LogP contribution is -2.12. The van der Waals surface area contributed by atoms with E-state index in [4.69, 9.17) is 28.4 Å². The van der Waals surface area contributed by atoms with Crippen molar-refractivity contribution in [2.45, 2.75) is 207 Å². The average molecular weight is 927 g/mol. The van der Waals surface area contributed by atoms with E-state index >= 15 is 0 Å². The van der Waals surface area contributed by atoms with Gasteiger partial charge in [-0.05, 0) is 99.4 Å². The number of ether oxygens (including phenoxy) is 6. The molecule has 3 aromatic carbocycles. The summed E-state index contributed by atoms with van der Waals surface area (Å²) in [4.78, 5) is 25.4. The first-order chi connectivity index (χ1) is 32.9. The van der Waals surface area contributed by atoms with Gasteiger partial charge >= 0.3 is 11.9 Å². The van der Waals surface area contributed by atoms with E-state index in [2.05, 4.69) is 27.4 Å². The summed E-state index contributed by atoms with van der Waals surface area (Å²) in [5, 5.41) is 0. The average Bonchev–Trinajstić information content (AvgIpc) is 3.33. The van der Waals surface area contributed by atoms with E-state index < -0.39 is 5.97 Å². The van der Waals surface area contributed by atoms with Crippen LogP contribution in [0.1, 0.15) is 218 Å². The summed E-state index contributed by atoms with van der Waals surface area (Å²) in [7, 11) is 0. The Kier molecular flexibility index (Phi) is 31.8. The lowest BCUT2D eigenvalue weighted by molar-refractivity contribution is -0.139. The Morgan fingerprint density at radius 3 is 1.16 bits per heavy atom. The van der Waals surface area contributed by atoms with Crippen molar-refractivity contribution < 1.29 is 38.0 Å². The van der Waals surface area contributed by atoms with Gasteiger partial charge in [-0.2, -0.15) is 0 Å². The topological polar surface area (TPSA) is 89.5 Å². The third-order valence-corrected chi connectivity index (χ3v) is 12.2. The molecular formula is C59H90O8. The molecule has 374 valence electrons. The lowest BCUT2D eigenvalue weighted by atomic mass is 10.1. The van der Waals surface area contributed by atoms with Gasteiger partial charge in [-0.1, -0.05) is 186 Å². The smallest absolute Gasteiger partial charge is 0.343 e. The third-order valence-electron chi connectivity index (χ3n) is 12.2. The molecular weight excluding hydrogens is 837 g/mol. The second-order valence-corrected chi connectivity index (χ2v) is 18.4. The molecule has 0 aliphatic carbocycles. The van der Waals surface area contributed by atoms with Crippen LogP contribution >= 0.6 is 0 Å². The van der Waals surface area contributed by atoms with Crippen molar-refractivity contribution in [1.82, 2.24) is 0 Å². The zero-order valence-electron chi connectivity index (χ0n) is 42.6. The van der Waals surface area contributed by atoms with E-state index in [-0.39, 0.29) is 5.97 Å². The number of unbranched alkanes of at least 4 members (excludes halogenated alkanes) is 24. The van der Waals surface area contributed by atoms with Crippen LogP contribution in [0.2, 0.25) is 0 Å². The van der Waals surface area contributed by atoms with Crippen LogP contribution in [-0.4, -0.2) is 45.0 Å². The molecule has 3 rings (SSSR count). The highest BCUT2D eigenvalue weighted by Gasteiger charge is 2.21. The Bertz CT molecular complexity index is 1690. The standard InChI is InChI=1S/C59H90O8/c1-6-9-12-15-18-21-24-30-43-63-55-47-52(48-56(64-44-31-25-22-19-16-13-10-7-2)57(55)65-45-32-26-23-20-17-14-11-8-3)59(61)67-54-40-36-51(37-41-54)50-34-38-53(39-35-50)62-42-29-27-28-33-46-66-58(60)49(4)5/h34-41,47-48H,4,6-33,42-46H2,1-3,5H3. The van der Waals surface area contributed by atoms with E-state index in [1.54, 1.807) is 19.1 Å². The highest BCUT2D eigenvalue weighted by molar-refractivity contribution is 5.93. The van der Waals surface area contributed by atoms with Gasteiger partial charge in [-0.25, -0.2) is 9.59 Å². The summed E-state index contributed by atoms with van der Waals surface area (Å²) in [6, 6.07) is 19.2. The maximum absolute atomic E-state index is 13.9. The fourth-order valence-corrected chi connectivity index (χ4v) is 7.96. The Labute approximate surface area is 407 Å². The van der Waals surface area contributed by atoms with Crippen LogP contribution in [0.15, 0.2) is 72.8 Å². The maximum atomic E-state index is 13.9. The lowest BCUT2D eigenvalue weighted by Gasteiger charge is -2.19. The SMILES string of the molecule is C=C(C)C(=O)OCCCCCCOc1ccc(-c2ccc(OC(=O)c3cc(OCCCCCCCCCC)c(OCCCCCCCCCC)c(OCCCCCCCCCC)c3)cc2)cc1. The van der Waals surface area contributed by atoms with Gasteiger partial charge in [-0.15, -0.1) is 0 Å². The number of esters is 2. The minimum atomic E-state index is -0.469. The molecule has 0 heterocycles. The number of rotatable bonds is 42. The fraction of sp³-hybridized carbons (Fsp3) is 0.627. The molecule has 0 amide bonds. The Morgan fingerprint density at radius 2 is 0.761 bits per heavy atom. The summed E-state index contributed by atoms with van der Waals surface area (Å²) >= 11 is 0. The van der Waals surface area contributed by atoms with Crippen molar-refractivity contribution in [3.05, 3.63) is 78.4 Å². The van der Waals surface area contributed by atoms with Gasteiger partial charge in [0.05, 0.1) is 38.6 Å². The van der Waals surface area contributed by atoms with E-state index in [1.165, 1.54) is 116 Å². The number of benzene rings is 3. The van der Waals surface area contributed by atoms with E-state index in [0.29, 0.717) is 67.2 Å². The van der Waals surface area contributed by atoms with Gasteiger partial charge in [0.15, 0.2) is 11.5 Å². The molecule has 0 N–H and O–H groups in total. The van der Waals surface area contributed by atoms with Gasteiger partial charge < -0.3 is 28.4 Å². The molecule has 0 aromatic heterocycles. The van der Waals surface area contributed by atoms with Crippen molar-refractivity contribution >= 4 is 11.9 Å². The quantitative estimate of drug-likeness (QED) is 0.0240. The van der Waals surface area contributed by atoms with Gasteiger partial charge in [0.2, 0.25) is 5.75 Å². The maximum Gasteiger partial charge on any atom is 0.343 e. The Morgan fingerprint density at radius 1 is 0.418 bits per heavy atom. The molecule has 0 aliphatic heterocycles. The van der Waals surface area contributed by atoms with E-state index in [0.717, 1.165) is 81.1 Å². The summed E-state index contributed by atoms with van der Waals surface area (Å²) < 4.78 is 36.6. The van der Waals surface area contributed by atoms with E-state index in [9.17, 15) is 9.59 Å². The number of carbonyl (C=O) groups excluding carboxylic acids is 2. The fourth-order valence-electron chi connectivity index (χ4n) is 7.96. The van der Waals surface area contributed by atoms with Crippen LogP contribution in [0.4, 0.5) is 0 Å². The second kappa shape index (κ2) is 37.5. The number of hydrogen-bond acceptors (Lipinski definition) is 8. The zero-order chi connectivity index (χ0) is 48.0. The molecule has 0 bridgehead atoms. The Balaban J connectivity index is 1.66. The van der Waals surface area contributed by atoms with Gasteiger partial charge in [-0.3, -0.25) is 0 Å². The minimum Gasteiger partial charge on any atom is -0.494 e. The monoisotopic (exact) mass is 927 g/mol. The first-order valence-corrected chi connectivity index (χ1v) is 26.8. The summed E-state index contributed by atoms with van der Waals surface area (Å²) in [6.45, 7) is 14.7. The molecule has 67 heavy (non-hydrogen) atoms. The van der Waals surface area contributed by atoms with Crippen LogP contribution in [0.25, 0.3) is 11.1 Å². The van der Waals surface area contributed by atoms with Gasteiger partial charge in [0.25, 0.3) is 0 Å². The molecule has 0 aliphatic rings. The van der Waals surface area contributed by atoms with Crippen LogP contribution in [-0.2, 0) is 9.53 Å². The van der Waals surface area contributed by atoms with Crippen LogP contribution in [0, 0.1) is 0 Å². The molecule has 3 aromatic rings. The highest BCUT2D eigenvalue weighted by atomic mass is 16.5. The molecule has 0 radical (unpaired) electrons. The minimum absolute atomic E-state index is 0.328. The first kappa shape index (κ1) is 56.9. The van der Waals surface area contributed by atoms with Gasteiger partial charge in [0.1, 0.15) is 11.5 Å². The van der Waals surface area contributed by atoms with E-state index in [1.807, 2.05) is 48.5 Å². The van der Waals surface area contributed by atoms with Crippen molar-refractivity contribution in [1.29, 1.82) is 0 Å². The molecule has 0 spiro atoms. The molecule has 0 saturated heterocycles. The molecule has 0 atom stereocenters. The highest BCUT2D eigenvalue weighted by Crippen LogP contribution is 2.40. The van der Waals surface area contributed by atoms with Gasteiger partial charge in [0, 0.05) is 5.57 Å². The first-order valence-electron chi connectivity index (χ1n) is 26.8. The molecule has 0 unspecified atom stereocenters. The number of hydrogen-bond donors (Lipinski definition) is 0. The molecule has 0 fully saturated rings. The summed E-state index contributed by atoms with van der Waals surface area (Å²) in [6.07, 6.45) is 32.9. The van der Waals surface area contributed by atoms with Crippen molar-refractivity contribution in [2.24, 2.45) is 0 Å². The van der Waals surface area contributed by atoms with Crippen LogP contribution < -0.4 is 23.7 Å². The Hall–Kier alpha value is -4.46. The predicted molar refractivity (Wildman–Crippen MR) is 277 cm³/mol. The molecule has 8 heteroatoms. The number of carbonyl (C=O) groups is 2. The summed E-state index contributed by atoms with van der Waals surface area (Å²) in [5.41, 5.74) is 2.84. The van der Waals surface area contributed by atoms with Crippen LogP contribution in [0.5, 0.6) is 28.7 Å². The molecule has 0 saturated carbocycles. The second-order valence-electron chi connectivity index (χ2n) is 18.4. The largest absolute Gasteiger partial charge is 0.494 e.